The molecule has 0 amide bonds. The maximum absolute atomic E-state index is 11.3. The molecule has 1 aromatic heterocycles. The summed E-state index contributed by atoms with van der Waals surface area (Å²) in [6, 6.07) is 7.93. The number of rotatable bonds is 3. The summed E-state index contributed by atoms with van der Waals surface area (Å²) in [6.07, 6.45) is 0.288. The van der Waals surface area contributed by atoms with Gasteiger partial charge in [0.25, 0.3) is 0 Å². The first kappa shape index (κ1) is 11.9. The van der Waals surface area contributed by atoms with E-state index in [1.54, 1.807) is 18.2 Å². The summed E-state index contributed by atoms with van der Waals surface area (Å²) in [7, 11) is 0. The summed E-state index contributed by atoms with van der Waals surface area (Å²) in [5, 5.41) is 1.33. The second-order valence-electron chi connectivity index (χ2n) is 3.37. The molecule has 0 saturated carbocycles. The number of hydrogen-bond donors (Lipinski definition) is 0. The highest BCUT2D eigenvalue weighted by atomic mass is 79.9. The molecule has 88 valence electrons. The highest BCUT2D eigenvalue weighted by Gasteiger charge is 2.05. The van der Waals surface area contributed by atoms with E-state index in [-0.39, 0.29) is 12.4 Å². The normalized spacial score (nSPS) is 10.4. The molecule has 17 heavy (non-hydrogen) atoms. The van der Waals surface area contributed by atoms with E-state index in [1.165, 1.54) is 12.1 Å². The topological polar surface area (TPSA) is 56.5 Å². The highest BCUT2D eigenvalue weighted by molar-refractivity contribution is 9.09. The van der Waals surface area contributed by atoms with Gasteiger partial charge in [-0.05, 0) is 18.2 Å². The van der Waals surface area contributed by atoms with Crippen LogP contribution in [-0.2, 0) is 4.79 Å². The van der Waals surface area contributed by atoms with Crippen LogP contribution in [0.15, 0.2) is 39.5 Å². The molecule has 0 aliphatic rings. The van der Waals surface area contributed by atoms with Crippen molar-refractivity contribution < 1.29 is 13.9 Å². The van der Waals surface area contributed by atoms with Crippen LogP contribution in [0.5, 0.6) is 5.75 Å². The molecule has 0 fully saturated rings. The number of alkyl halides is 1. The molecule has 2 rings (SSSR count). The van der Waals surface area contributed by atoms with Crippen molar-refractivity contribution in [3.63, 3.8) is 0 Å². The summed E-state index contributed by atoms with van der Waals surface area (Å²) in [4.78, 5) is 22.3. The van der Waals surface area contributed by atoms with Gasteiger partial charge >= 0.3 is 11.6 Å². The van der Waals surface area contributed by atoms with Crippen molar-refractivity contribution in [3.05, 3.63) is 40.8 Å². The van der Waals surface area contributed by atoms with Gasteiger partial charge in [0.1, 0.15) is 11.3 Å². The molecular weight excluding hydrogens is 288 g/mol. The predicted octanol–water partition coefficient (Wildman–Crippen LogP) is 2.48. The van der Waals surface area contributed by atoms with Gasteiger partial charge in [0.05, 0.1) is 6.42 Å². The van der Waals surface area contributed by atoms with Crippen LogP contribution in [0.1, 0.15) is 6.42 Å². The molecule has 4 nitrogen and oxygen atoms in total. The number of benzene rings is 1. The summed E-state index contributed by atoms with van der Waals surface area (Å²) in [5.74, 6) is 0.0392. The highest BCUT2D eigenvalue weighted by Crippen LogP contribution is 2.19. The van der Waals surface area contributed by atoms with Gasteiger partial charge in [0.15, 0.2) is 0 Å². The third-order valence-electron chi connectivity index (χ3n) is 2.12. The monoisotopic (exact) mass is 296 g/mol. The van der Waals surface area contributed by atoms with Crippen molar-refractivity contribution in [2.75, 3.05) is 5.33 Å². The Bertz CT molecular complexity index is 603. The van der Waals surface area contributed by atoms with Gasteiger partial charge in [-0.15, -0.1) is 0 Å². The van der Waals surface area contributed by atoms with Gasteiger partial charge in [-0.3, -0.25) is 4.79 Å². The van der Waals surface area contributed by atoms with E-state index in [1.807, 2.05) is 0 Å². The fourth-order valence-electron chi connectivity index (χ4n) is 1.36. The van der Waals surface area contributed by atoms with Crippen LogP contribution in [0.25, 0.3) is 11.0 Å². The van der Waals surface area contributed by atoms with Gasteiger partial charge in [-0.2, -0.15) is 0 Å². The van der Waals surface area contributed by atoms with Crippen molar-refractivity contribution in [1.82, 2.24) is 0 Å². The molecule has 0 saturated heterocycles. The maximum atomic E-state index is 11.3. The van der Waals surface area contributed by atoms with E-state index in [4.69, 9.17) is 9.15 Å². The van der Waals surface area contributed by atoms with Crippen LogP contribution in [0.4, 0.5) is 0 Å². The molecule has 2 aromatic rings. The second-order valence-corrected chi connectivity index (χ2v) is 4.16. The van der Waals surface area contributed by atoms with Gasteiger partial charge in [-0.25, -0.2) is 4.79 Å². The minimum atomic E-state index is -0.429. The zero-order valence-corrected chi connectivity index (χ0v) is 10.4. The lowest BCUT2D eigenvalue weighted by Gasteiger charge is -2.03. The van der Waals surface area contributed by atoms with Crippen LogP contribution in [0.3, 0.4) is 0 Å². The predicted molar refractivity (Wildman–Crippen MR) is 66.5 cm³/mol. The Morgan fingerprint density at radius 3 is 2.82 bits per heavy atom. The Morgan fingerprint density at radius 2 is 2.06 bits per heavy atom. The summed E-state index contributed by atoms with van der Waals surface area (Å²) in [6.45, 7) is 0. The summed E-state index contributed by atoms with van der Waals surface area (Å²) in [5.41, 5.74) is -0.0249. The fourth-order valence-corrected chi connectivity index (χ4v) is 1.69. The van der Waals surface area contributed by atoms with E-state index in [2.05, 4.69) is 15.9 Å². The minimum Gasteiger partial charge on any atom is -0.426 e. The zero-order chi connectivity index (χ0) is 12.3. The Kier molecular flexibility index (Phi) is 3.58. The third-order valence-corrected chi connectivity index (χ3v) is 2.52. The average Bonchev–Trinajstić information content (AvgIpc) is 2.28. The van der Waals surface area contributed by atoms with Crippen LogP contribution >= 0.6 is 15.9 Å². The Labute approximate surface area is 105 Å². The van der Waals surface area contributed by atoms with Gasteiger partial charge in [0.2, 0.25) is 0 Å². The van der Waals surface area contributed by atoms with Crippen molar-refractivity contribution in [3.8, 4) is 5.75 Å². The zero-order valence-electron chi connectivity index (χ0n) is 8.81. The Hall–Kier alpha value is -1.62. The van der Waals surface area contributed by atoms with Gasteiger partial charge in [0, 0.05) is 22.8 Å². The number of carbonyl (C=O) groups is 1. The molecule has 0 aliphatic heterocycles. The molecule has 0 radical (unpaired) electrons. The van der Waals surface area contributed by atoms with Crippen LogP contribution < -0.4 is 10.4 Å². The number of fused-ring (bicyclic) bond motifs is 1. The lowest BCUT2D eigenvalue weighted by atomic mass is 10.2. The molecule has 1 heterocycles. The molecular formula is C12H9BrO4. The van der Waals surface area contributed by atoms with Crippen LogP contribution in [0, 0.1) is 0 Å². The summed E-state index contributed by atoms with van der Waals surface area (Å²) < 4.78 is 10.1. The first-order valence-corrected chi connectivity index (χ1v) is 6.12. The number of esters is 1. The number of carbonyl (C=O) groups excluding carboxylic acids is 1. The molecule has 1 aromatic carbocycles. The van der Waals surface area contributed by atoms with E-state index in [0.717, 1.165) is 5.39 Å². The third kappa shape index (κ3) is 2.94. The van der Waals surface area contributed by atoms with Gasteiger partial charge in [-0.1, -0.05) is 15.9 Å². The number of ether oxygens (including phenoxy) is 1. The quantitative estimate of drug-likeness (QED) is 0.378. The van der Waals surface area contributed by atoms with Crippen LogP contribution in [0.2, 0.25) is 0 Å². The minimum absolute atomic E-state index is 0.288. The Balaban J connectivity index is 2.30. The Morgan fingerprint density at radius 1 is 1.29 bits per heavy atom. The van der Waals surface area contributed by atoms with E-state index >= 15 is 0 Å². The van der Waals surface area contributed by atoms with Crippen molar-refractivity contribution in [2.24, 2.45) is 0 Å². The van der Waals surface area contributed by atoms with Crippen molar-refractivity contribution in [1.29, 1.82) is 0 Å². The number of halogens is 1. The van der Waals surface area contributed by atoms with Crippen molar-refractivity contribution >= 4 is 32.9 Å². The van der Waals surface area contributed by atoms with E-state index < -0.39 is 5.63 Å². The average molecular weight is 297 g/mol. The summed E-state index contributed by atoms with van der Waals surface area (Å²) >= 11 is 3.15. The van der Waals surface area contributed by atoms with E-state index in [9.17, 15) is 9.59 Å². The molecule has 0 bridgehead atoms. The molecule has 0 aliphatic carbocycles. The second kappa shape index (κ2) is 5.14. The first-order valence-electron chi connectivity index (χ1n) is 4.99. The lowest BCUT2D eigenvalue weighted by Crippen LogP contribution is -2.07. The standard InChI is InChI=1S/C12H9BrO4/c13-6-5-12(15)16-9-3-1-8-2-4-11(14)17-10(8)7-9/h1-4,7H,5-6H2. The van der Waals surface area contributed by atoms with Gasteiger partial charge < -0.3 is 9.15 Å². The number of hydrogen-bond acceptors (Lipinski definition) is 4. The molecule has 0 spiro atoms. The fraction of sp³-hybridized carbons (Fsp3) is 0.167. The largest absolute Gasteiger partial charge is 0.426 e. The molecule has 0 unspecified atom stereocenters. The van der Waals surface area contributed by atoms with Crippen LogP contribution in [-0.4, -0.2) is 11.3 Å². The first-order chi connectivity index (χ1) is 8.19. The molecule has 0 atom stereocenters. The van der Waals surface area contributed by atoms with Crippen molar-refractivity contribution in [2.45, 2.75) is 6.42 Å². The maximum Gasteiger partial charge on any atom is 0.336 e. The SMILES string of the molecule is O=C(CCBr)Oc1ccc2ccc(=O)oc2c1. The molecule has 5 heteroatoms. The lowest BCUT2D eigenvalue weighted by molar-refractivity contribution is -0.133. The molecule has 0 N–H and O–H groups in total. The van der Waals surface area contributed by atoms with E-state index in [0.29, 0.717) is 16.7 Å². The smallest absolute Gasteiger partial charge is 0.336 e.